The van der Waals surface area contributed by atoms with Gasteiger partial charge in [0.1, 0.15) is 6.07 Å². The molecule has 0 saturated carbocycles. The van der Waals surface area contributed by atoms with E-state index in [0.717, 1.165) is 10.9 Å². The second-order valence-electron chi connectivity index (χ2n) is 6.54. The van der Waals surface area contributed by atoms with Crippen LogP contribution in [0.15, 0.2) is 23.2 Å². The molecular weight excluding hydrogens is 298 g/mol. The van der Waals surface area contributed by atoms with Crippen LogP contribution in [0.5, 0.6) is 0 Å². The predicted octanol–water partition coefficient (Wildman–Crippen LogP) is 2.65. The van der Waals surface area contributed by atoms with Crippen LogP contribution in [-0.2, 0) is 16.3 Å². The van der Waals surface area contributed by atoms with Crippen molar-refractivity contribution >= 4 is 26.4 Å². The predicted molar refractivity (Wildman–Crippen MR) is 85.6 cm³/mol. The molecule has 22 heavy (non-hydrogen) atoms. The van der Waals surface area contributed by atoms with Crippen LogP contribution >= 0.6 is 0 Å². The third-order valence-corrected chi connectivity index (χ3v) is 5.47. The Bertz CT molecular complexity index is 919. The van der Waals surface area contributed by atoms with E-state index in [9.17, 15) is 13.7 Å². The highest BCUT2D eigenvalue weighted by Gasteiger charge is 2.30. The molecule has 0 spiro atoms. The van der Waals surface area contributed by atoms with E-state index in [2.05, 4.69) is 16.4 Å². The molecule has 3 rings (SSSR count). The molecule has 1 aliphatic heterocycles. The summed E-state index contributed by atoms with van der Waals surface area (Å²) in [5.41, 5.74) is 2.34. The second-order valence-corrected chi connectivity index (χ2v) is 8.62. The molecule has 0 radical (unpaired) electrons. The standard InChI is InChI=1S/C16H17N3O2S/c1-16(2,3)19-15-10(8-17)9-18-12-4-5-13-11(14(12)15)6-7-22(13,20)21/h4-5,9H,6-7H2,1-3H3,(H,18,19). The minimum absolute atomic E-state index is 0.118. The van der Waals surface area contributed by atoms with Crippen LogP contribution in [-0.4, -0.2) is 24.7 Å². The monoisotopic (exact) mass is 315 g/mol. The van der Waals surface area contributed by atoms with Gasteiger partial charge in [0.25, 0.3) is 0 Å². The van der Waals surface area contributed by atoms with Crippen molar-refractivity contribution in [2.24, 2.45) is 0 Å². The zero-order chi connectivity index (χ0) is 16.1. The average Bonchev–Trinajstić information content (AvgIpc) is 2.73. The lowest BCUT2D eigenvalue weighted by atomic mass is 10.00. The number of anilines is 1. The van der Waals surface area contributed by atoms with Crippen LogP contribution in [0.25, 0.3) is 10.9 Å². The van der Waals surface area contributed by atoms with E-state index in [4.69, 9.17) is 0 Å². The summed E-state index contributed by atoms with van der Waals surface area (Å²) >= 11 is 0. The lowest BCUT2D eigenvalue weighted by molar-refractivity contribution is 0.600. The van der Waals surface area contributed by atoms with E-state index in [0.29, 0.717) is 28.1 Å². The van der Waals surface area contributed by atoms with Crippen LogP contribution < -0.4 is 5.32 Å². The van der Waals surface area contributed by atoms with Crippen molar-refractivity contribution in [3.63, 3.8) is 0 Å². The summed E-state index contributed by atoms with van der Waals surface area (Å²) in [7, 11) is -3.22. The molecule has 0 saturated heterocycles. The van der Waals surface area contributed by atoms with E-state index in [1.165, 1.54) is 6.20 Å². The lowest BCUT2D eigenvalue weighted by Gasteiger charge is -2.24. The van der Waals surface area contributed by atoms with Gasteiger partial charge in [0.05, 0.1) is 27.4 Å². The van der Waals surface area contributed by atoms with Crippen LogP contribution in [0.4, 0.5) is 5.69 Å². The second kappa shape index (κ2) is 4.68. The van der Waals surface area contributed by atoms with Crippen molar-refractivity contribution in [3.8, 4) is 6.07 Å². The van der Waals surface area contributed by atoms with Crippen LogP contribution in [0.2, 0.25) is 0 Å². The van der Waals surface area contributed by atoms with Gasteiger partial charge in [-0.2, -0.15) is 5.26 Å². The molecule has 0 unspecified atom stereocenters. The highest BCUT2D eigenvalue weighted by Crippen LogP contribution is 2.37. The van der Waals surface area contributed by atoms with Crippen LogP contribution in [0.1, 0.15) is 31.9 Å². The van der Waals surface area contributed by atoms with E-state index < -0.39 is 9.84 Å². The first-order valence-electron chi connectivity index (χ1n) is 7.08. The van der Waals surface area contributed by atoms with E-state index in [1.807, 2.05) is 20.8 Å². The SMILES string of the molecule is CC(C)(C)Nc1c(C#N)cnc2ccc3c(c12)CCS3(=O)=O. The van der Waals surface area contributed by atoms with Gasteiger partial charge in [0.15, 0.2) is 9.84 Å². The van der Waals surface area contributed by atoms with Gasteiger partial charge >= 0.3 is 0 Å². The van der Waals surface area contributed by atoms with Gasteiger partial charge < -0.3 is 5.32 Å². The molecule has 5 nitrogen and oxygen atoms in total. The Morgan fingerprint density at radius 2 is 2.05 bits per heavy atom. The summed E-state index contributed by atoms with van der Waals surface area (Å²) in [5.74, 6) is 0.118. The van der Waals surface area contributed by atoms with Gasteiger partial charge in [-0.15, -0.1) is 0 Å². The lowest BCUT2D eigenvalue weighted by Crippen LogP contribution is -2.27. The van der Waals surface area contributed by atoms with E-state index >= 15 is 0 Å². The smallest absolute Gasteiger partial charge is 0.179 e. The number of aryl methyl sites for hydroxylation is 1. The molecule has 1 aromatic heterocycles. The number of nitrogens with one attached hydrogen (secondary N) is 1. The van der Waals surface area contributed by atoms with Gasteiger partial charge in [-0.1, -0.05) is 0 Å². The number of pyridine rings is 1. The average molecular weight is 315 g/mol. The fourth-order valence-corrected chi connectivity index (χ4v) is 4.36. The maximum atomic E-state index is 12.1. The van der Waals surface area contributed by atoms with Gasteiger partial charge in [0, 0.05) is 17.1 Å². The number of fused-ring (bicyclic) bond motifs is 3. The molecule has 0 atom stereocenters. The third-order valence-electron chi connectivity index (χ3n) is 3.68. The van der Waals surface area contributed by atoms with Gasteiger partial charge in [-0.05, 0) is 44.9 Å². The molecular formula is C16H17N3O2S. The van der Waals surface area contributed by atoms with Crippen molar-refractivity contribution in [1.29, 1.82) is 5.26 Å². The van der Waals surface area contributed by atoms with Crippen molar-refractivity contribution in [3.05, 3.63) is 29.5 Å². The Labute approximate surface area is 129 Å². The molecule has 2 heterocycles. The quantitative estimate of drug-likeness (QED) is 0.874. The number of hydrogen-bond donors (Lipinski definition) is 1. The highest BCUT2D eigenvalue weighted by molar-refractivity contribution is 7.91. The summed E-state index contributed by atoms with van der Waals surface area (Å²) in [6.07, 6.45) is 2.00. The number of sulfone groups is 1. The molecule has 0 aliphatic carbocycles. The topological polar surface area (TPSA) is 82.8 Å². The van der Waals surface area contributed by atoms with Gasteiger partial charge in [-0.25, -0.2) is 8.42 Å². The van der Waals surface area contributed by atoms with Crippen molar-refractivity contribution < 1.29 is 8.42 Å². The van der Waals surface area contributed by atoms with Crippen molar-refractivity contribution in [2.45, 2.75) is 37.6 Å². The molecule has 6 heteroatoms. The summed E-state index contributed by atoms with van der Waals surface area (Å²) in [5, 5.41) is 13.5. The first kappa shape index (κ1) is 14.8. The van der Waals surface area contributed by atoms with E-state index in [-0.39, 0.29) is 11.3 Å². The molecule has 1 aromatic carbocycles. The number of benzene rings is 1. The highest BCUT2D eigenvalue weighted by atomic mass is 32.2. The van der Waals surface area contributed by atoms with Gasteiger partial charge in [-0.3, -0.25) is 4.98 Å². The molecule has 0 bridgehead atoms. The fraction of sp³-hybridized carbons (Fsp3) is 0.375. The van der Waals surface area contributed by atoms with E-state index in [1.54, 1.807) is 12.1 Å². The van der Waals surface area contributed by atoms with Crippen molar-refractivity contribution in [2.75, 3.05) is 11.1 Å². The Kier molecular flexibility index (Phi) is 3.15. The summed E-state index contributed by atoms with van der Waals surface area (Å²) < 4.78 is 24.3. The Balaban J connectivity index is 2.41. The first-order valence-corrected chi connectivity index (χ1v) is 8.74. The molecule has 1 aliphatic rings. The minimum atomic E-state index is -3.22. The summed E-state index contributed by atoms with van der Waals surface area (Å²) in [6, 6.07) is 5.49. The molecule has 2 aromatic rings. The Morgan fingerprint density at radius 3 is 2.68 bits per heavy atom. The largest absolute Gasteiger partial charge is 0.379 e. The Hall–Kier alpha value is -2.13. The Morgan fingerprint density at radius 1 is 1.32 bits per heavy atom. The number of hydrogen-bond acceptors (Lipinski definition) is 5. The van der Waals surface area contributed by atoms with Crippen LogP contribution in [0.3, 0.4) is 0 Å². The first-order chi connectivity index (χ1) is 10.2. The minimum Gasteiger partial charge on any atom is -0.379 e. The number of nitrogens with zero attached hydrogens (tertiary/aromatic N) is 2. The third kappa shape index (κ3) is 2.32. The number of rotatable bonds is 1. The van der Waals surface area contributed by atoms with Gasteiger partial charge in [0.2, 0.25) is 0 Å². The normalized spacial score (nSPS) is 16.3. The number of aromatic nitrogens is 1. The zero-order valence-electron chi connectivity index (χ0n) is 12.8. The van der Waals surface area contributed by atoms with Crippen molar-refractivity contribution in [1.82, 2.24) is 4.98 Å². The molecule has 0 amide bonds. The number of nitriles is 1. The maximum Gasteiger partial charge on any atom is 0.179 e. The molecule has 0 fully saturated rings. The maximum absolute atomic E-state index is 12.1. The summed E-state index contributed by atoms with van der Waals surface area (Å²) in [4.78, 5) is 4.68. The molecule has 114 valence electrons. The summed E-state index contributed by atoms with van der Waals surface area (Å²) in [6.45, 7) is 6.00. The molecule has 1 N–H and O–H groups in total. The van der Waals surface area contributed by atoms with Crippen LogP contribution in [0, 0.1) is 11.3 Å². The zero-order valence-corrected chi connectivity index (χ0v) is 13.6. The fourth-order valence-electron chi connectivity index (χ4n) is 2.81.